The van der Waals surface area contributed by atoms with Crippen LogP contribution in [-0.2, 0) is 9.53 Å². The van der Waals surface area contributed by atoms with E-state index in [2.05, 4.69) is 23.7 Å². The molecule has 9 heteroatoms. The number of ether oxygens (including phenoxy) is 2. The number of rotatable bonds is 8. The van der Waals surface area contributed by atoms with Crippen molar-refractivity contribution in [2.24, 2.45) is 4.99 Å². The number of thiazole rings is 1. The number of carbonyl (C=O) groups excluding carboxylic acids is 1. The van der Waals surface area contributed by atoms with Gasteiger partial charge in [0.1, 0.15) is 11.5 Å². The lowest BCUT2D eigenvalue weighted by Gasteiger charge is -2.24. The van der Waals surface area contributed by atoms with E-state index in [1.807, 2.05) is 24.3 Å². The third kappa shape index (κ3) is 4.68. The van der Waals surface area contributed by atoms with E-state index in [-0.39, 0.29) is 12.2 Å². The minimum atomic E-state index is -0.666. The summed E-state index contributed by atoms with van der Waals surface area (Å²) < 4.78 is 18.6. The maximum atomic E-state index is 13.6. The van der Waals surface area contributed by atoms with Crippen molar-refractivity contribution in [2.75, 3.05) is 31.7 Å². The number of allylic oxidation sites excluding steroid dienone is 1. The predicted molar refractivity (Wildman–Crippen MR) is 136 cm³/mol. The van der Waals surface area contributed by atoms with Gasteiger partial charge in [0.05, 0.1) is 35.6 Å². The Hall–Kier alpha value is -3.59. The van der Waals surface area contributed by atoms with Gasteiger partial charge in [-0.15, -0.1) is 0 Å². The van der Waals surface area contributed by atoms with Crippen LogP contribution in [0.25, 0.3) is 6.08 Å². The molecular weight excluding hydrogens is 466 g/mol. The first-order valence-electron chi connectivity index (χ1n) is 11.6. The van der Waals surface area contributed by atoms with Crippen LogP contribution in [0, 0.1) is 0 Å². The van der Waals surface area contributed by atoms with Gasteiger partial charge in [-0.3, -0.25) is 9.36 Å². The van der Waals surface area contributed by atoms with E-state index in [1.54, 1.807) is 43.7 Å². The zero-order chi connectivity index (χ0) is 25.1. The normalized spacial score (nSPS) is 15.6. The first-order valence-corrected chi connectivity index (χ1v) is 12.4. The highest BCUT2D eigenvalue weighted by Crippen LogP contribution is 2.31. The lowest BCUT2D eigenvalue weighted by atomic mass is 9.96. The van der Waals surface area contributed by atoms with Crippen LogP contribution in [0.1, 0.15) is 45.1 Å². The number of hydrogen-bond acceptors (Lipinski definition) is 8. The predicted octanol–water partition coefficient (Wildman–Crippen LogP) is 3.25. The summed E-state index contributed by atoms with van der Waals surface area (Å²) in [5.41, 5.74) is 1.39. The summed E-state index contributed by atoms with van der Waals surface area (Å²) >= 11 is 1.27. The Morgan fingerprint density at radius 2 is 1.89 bits per heavy atom. The summed E-state index contributed by atoms with van der Waals surface area (Å²) in [5, 5.41) is 0. The molecule has 0 amide bonds. The summed E-state index contributed by atoms with van der Waals surface area (Å²) in [6, 6.07) is 10.4. The van der Waals surface area contributed by atoms with Crippen molar-refractivity contribution in [1.82, 2.24) is 4.57 Å². The fraction of sp³-hybridized carbons (Fsp3) is 0.346. The van der Waals surface area contributed by atoms with Crippen LogP contribution in [0.15, 0.2) is 61.9 Å². The second-order valence-corrected chi connectivity index (χ2v) is 8.93. The average Bonchev–Trinajstić information content (AvgIpc) is 3.43. The molecule has 8 nitrogen and oxygen atoms in total. The van der Waals surface area contributed by atoms with Gasteiger partial charge in [-0.25, -0.2) is 9.79 Å². The minimum Gasteiger partial charge on any atom is -0.497 e. The molecule has 4 rings (SSSR count). The van der Waals surface area contributed by atoms with Crippen LogP contribution >= 0.6 is 11.3 Å². The third-order valence-electron chi connectivity index (χ3n) is 5.91. The standard InChI is InChI=1S/C26H29N3O5S/c1-6-28(7-2)21-14-13-19(34-21)15-20-24(30)29-23(17-9-11-18(32-5)12-10-17)22(25(31)33-8-3)16(4)27-26(29)35-20/h9-15,23H,6-8H2,1-5H3/b20-15+/t23-/m1/s1. The van der Waals surface area contributed by atoms with Crippen molar-refractivity contribution in [2.45, 2.75) is 33.7 Å². The van der Waals surface area contributed by atoms with Gasteiger partial charge in [-0.05, 0) is 51.5 Å². The molecule has 3 heterocycles. The summed E-state index contributed by atoms with van der Waals surface area (Å²) in [6.07, 6.45) is 1.73. The number of carbonyl (C=O) groups is 1. The Balaban J connectivity index is 1.87. The molecule has 1 atom stereocenters. The van der Waals surface area contributed by atoms with E-state index in [4.69, 9.17) is 13.9 Å². The Morgan fingerprint density at radius 3 is 2.51 bits per heavy atom. The molecule has 3 aromatic rings. The number of aromatic nitrogens is 1. The molecular formula is C26H29N3O5S. The molecule has 0 saturated heterocycles. The second-order valence-electron chi connectivity index (χ2n) is 7.92. The van der Waals surface area contributed by atoms with Crippen LogP contribution in [0.3, 0.4) is 0 Å². The quantitative estimate of drug-likeness (QED) is 0.446. The first kappa shape index (κ1) is 24.5. The third-order valence-corrected chi connectivity index (χ3v) is 6.89. The minimum absolute atomic E-state index is 0.225. The van der Waals surface area contributed by atoms with Crippen LogP contribution < -0.4 is 24.5 Å². The lowest BCUT2D eigenvalue weighted by molar-refractivity contribution is -0.139. The van der Waals surface area contributed by atoms with E-state index in [1.165, 1.54) is 11.3 Å². The van der Waals surface area contributed by atoms with Gasteiger partial charge >= 0.3 is 5.97 Å². The molecule has 35 heavy (non-hydrogen) atoms. The molecule has 0 bridgehead atoms. The van der Waals surface area contributed by atoms with Gasteiger partial charge in [0.2, 0.25) is 0 Å². The lowest BCUT2D eigenvalue weighted by Crippen LogP contribution is -2.39. The van der Waals surface area contributed by atoms with Gasteiger partial charge in [0, 0.05) is 25.2 Å². The van der Waals surface area contributed by atoms with Gasteiger partial charge in [-0.2, -0.15) is 0 Å². The summed E-state index contributed by atoms with van der Waals surface area (Å²) in [7, 11) is 1.59. The highest BCUT2D eigenvalue weighted by Gasteiger charge is 2.33. The van der Waals surface area contributed by atoms with E-state index in [9.17, 15) is 9.59 Å². The molecule has 0 fully saturated rings. The Labute approximate surface area is 207 Å². The molecule has 0 spiro atoms. The molecule has 1 aromatic carbocycles. The Bertz CT molecular complexity index is 1420. The SMILES string of the molecule is CCOC(=O)C1=C(C)N=c2s/c(=C/c3ccc(N(CC)CC)o3)c(=O)n2[C@@H]1c1ccc(OC)cc1. The number of nitrogens with zero attached hydrogens (tertiary/aromatic N) is 3. The van der Waals surface area contributed by atoms with Crippen molar-refractivity contribution in [3.63, 3.8) is 0 Å². The van der Waals surface area contributed by atoms with Gasteiger partial charge in [-0.1, -0.05) is 23.5 Å². The fourth-order valence-corrected chi connectivity index (χ4v) is 5.17. The smallest absolute Gasteiger partial charge is 0.338 e. The number of anilines is 1. The largest absolute Gasteiger partial charge is 0.497 e. The molecule has 1 aliphatic rings. The summed E-state index contributed by atoms with van der Waals surface area (Å²) in [4.78, 5) is 33.8. The molecule has 1 aliphatic heterocycles. The van der Waals surface area contributed by atoms with Crippen LogP contribution in [-0.4, -0.2) is 37.3 Å². The molecule has 0 unspecified atom stereocenters. The van der Waals surface area contributed by atoms with E-state index < -0.39 is 12.0 Å². The van der Waals surface area contributed by atoms with Crippen molar-refractivity contribution >= 4 is 29.3 Å². The van der Waals surface area contributed by atoms with E-state index in [0.717, 1.165) is 24.5 Å². The van der Waals surface area contributed by atoms with E-state index in [0.29, 0.717) is 32.1 Å². The average molecular weight is 496 g/mol. The topological polar surface area (TPSA) is 86.3 Å². The second kappa shape index (κ2) is 10.4. The molecule has 2 aromatic heterocycles. The molecule has 0 saturated carbocycles. The van der Waals surface area contributed by atoms with Crippen LogP contribution in [0.2, 0.25) is 0 Å². The molecule has 0 aliphatic carbocycles. The van der Waals surface area contributed by atoms with Crippen LogP contribution in [0.4, 0.5) is 5.88 Å². The number of hydrogen-bond donors (Lipinski definition) is 0. The summed E-state index contributed by atoms with van der Waals surface area (Å²) in [6.45, 7) is 9.51. The maximum absolute atomic E-state index is 13.6. The maximum Gasteiger partial charge on any atom is 0.338 e. The van der Waals surface area contributed by atoms with Crippen molar-refractivity contribution in [3.8, 4) is 5.75 Å². The van der Waals surface area contributed by atoms with Crippen LogP contribution in [0.5, 0.6) is 5.75 Å². The van der Waals surface area contributed by atoms with Gasteiger partial charge in [0.25, 0.3) is 5.56 Å². The number of fused-ring (bicyclic) bond motifs is 1. The zero-order valence-corrected chi connectivity index (χ0v) is 21.3. The number of methoxy groups -OCH3 is 1. The first-order chi connectivity index (χ1) is 16.9. The van der Waals surface area contributed by atoms with Crippen molar-refractivity contribution in [3.05, 3.63) is 78.7 Å². The number of benzene rings is 1. The number of esters is 1. The highest BCUT2D eigenvalue weighted by atomic mass is 32.1. The monoisotopic (exact) mass is 495 g/mol. The molecule has 184 valence electrons. The summed E-state index contributed by atoms with van der Waals surface area (Å²) in [5.74, 6) is 1.53. The van der Waals surface area contributed by atoms with Gasteiger partial charge < -0.3 is 18.8 Å². The zero-order valence-electron chi connectivity index (χ0n) is 20.5. The highest BCUT2D eigenvalue weighted by molar-refractivity contribution is 7.07. The Kier molecular flexibility index (Phi) is 7.25. The molecule has 0 radical (unpaired) electrons. The molecule has 0 N–H and O–H groups in total. The fourth-order valence-electron chi connectivity index (χ4n) is 4.15. The van der Waals surface area contributed by atoms with Crippen molar-refractivity contribution in [1.29, 1.82) is 0 Å². The van der Waals surface area contributed by atoms with E-state index >= 15 is 0 Å². The Morgan fingerprint density at radius 1 is 1.17 bits per heavy atom. The van der Waals surface area contributed by atoms with Gasteiger partial charge in [0.15, 0.2) is 10.7 Å². The van der Waals surface area contributed by atoms with Crippen molar-refractivity contribution < 1.29 is 18.7 Å². The number of furan rings is 1.